The lowest BCUT2D eigenvalue weighted by Gasteiger charge is -2.10. The van der Waals surface area contributed by atoms with Crippen molar-refractivity contribution in [3.63, 3.8) is 0 Å². The fourth-order valence-electron chi connectivity index (χ4n) is 2.04. The number of nitrogens with one attached hydrogen (secondary N) is 1. The van der Waals surface area contributed by atoms with Crippen LogP contribution in [0.1, 0.15) is 23.6 Å². The van der Waals surface area contributed by atoms with Crippen LogP contribution in [0.3, 0.4) is 0 Å². The van der Waals surface area contributed by atoms with E-state index in [-0.39, 0.29) is 0 Å². The van der Waals surface area contributed by atoms with Crippen molar-refractivity contribution in [2.24, 2.45) is 0 Å². The third kappa shape index (κ3) is 3.30. The lowest BCUT2D eigenvalue weighted by molar-refractivity contribution is 0.413. The summed E-state index contributed by atoms with van der Waals surface area (Å²) >= 11 is 0. The van der Waals surface area contributed by atoms with E-state index in [2.05, 4.69) is 42.6 Å². The van der Waals surface area contributed by atoms with Crippen molar-refractivity contribution in [3.05, 3.63) is 59.2 Å². The van der Waals surface area contributed by atoms with Crippen LogP contribution in [-0.2, 0) is 13.0 Å². The van der Waals surface area contributed by atoms with E-state index in [1.165, 1.54) is 5.56 Å². The van der Waals surface area contributed by atoms with Gasteiger partial charge in [-0.2, -0.15) is 5.26 Å². The van der Waals surface area contributed by atoms with Crippen molar-refractivity contribution in [1.29, 1.82) is 5.26 Å². The predicted molar refractivity (Wildman–Crippen MR) is 80.9 cm³/mol. The standard InChI is InChI=1S/C17H18N2O/c1-3-13-5-4-6-16(9-13)19-12-14-7-8-15(11-18)17(10-14)20-2/h4-10,19H,3,12H2,1-2H3. The molecule has 0 aliphatic rings. The molecular weight excluding hydrogens is 248 g/mol. The number of hydrogen-bond acceptors (Lipinski definition) is 3. The highest BCUT2D eigenvalue weighted by molar-refractivity contribution is 5.49. The largest absolute Gasteiger partial charge is 0.495 e. The molecule has 20 heavy (non-hydrogen) atoms. The Morgan fingerprint density at radius 1 is 1.15 bits per heavy atom. The molecular formula is C17H18N2O. The highest BCUT2D eigenvalue weighted by Crippen LogP contribution is 2.20. The van der Waals surface area contributed by atoms with Crippen LogP contribution in [-0.4, -0.2) is 7.11 Å². The summed E-state index contributed by atoms with van der Waals surface area (Å²) in [5.74, 6) is 0.620. The van der Waals surface area contributed by atoms with Gasteiger partial charge in [-0.3, -0.25) is 0 Å². The van der Waals surface area contributed by atoms with Gasteiger partial charge in [-0.05, 0) is 41.8 Å². The van der Waals surface area contributed by atoms with Gasteiger partial charge in [0.1, 0.15) is 11.8 Å². The van der Waals surface area contributed by atoms with Gasteiger partial charge >= 0.3 is 0 Å². The number of nitriles is 1. The number of nitrogens with zero attached hydrogens (tertiary/aromatic N) is 1. The second-order valence-corrected chi connectivity index (χ2v) is 4.55. The number of aryl methyl sites for hydroxylation is 1. The Morgan fingerprint density at radius 3 is 2.70 bits per heavy atom. The number of rotatable bonds is 5. The van der Waals surface area contributed by atoms with Crippen molar-refractivity contribution < 1.29 is 4.74 Å². The molecule has 2 rings (SSSR count). The van der Waals surface area contributed by atoms with Gasteiger partial charge in [0.05, 0.1) is 12.7 Å². The Morgan fingerprint density at radius 2 is 2.00 bits per heavy atom. The average molecular weight is 266 g/mol. The van der Waals surface area contributed by atoms with Crippen LogP contribution in [0.4, 0.5) is 5.69 Å². The summed E-state index contributed by atoms with van der Waals surface area (Å²) in [6.45, 7) is 2.85. The van der Waals surface area contributed by atoms with Gasteiger partial charge < -0.3 is 10.1 Å². The van der Waals surface area contributed by atoms with Crippen LogP contribution in [0.15, 0.2) is 42.5 Å². The van der Waals surface area contributed by atoms with Gasteiger partial charge in [0.2, 0.25) is 0 Å². The number of benzene rings is 2. The van der Waals surface area contributed by atoms with E-state index in [4.69, 9.17) is 10.00 Å². The summed E-state index contributed by atoms with van der Waals surface area (Å²) in [5.41, 5.74) is 4.06. The summed E-state index contributed by atoms with van der Waals surface area (Å²) in [7, 11) is 1.58. The van der Waals surface area contributed by atoms with Crippen LogP contribution in [0.2, 0.25) is 0 Å². The van der Waals surface area contributed by atoms with E-state index in [1.54, 1.807) is 13.2 Å². The molecule has 0 unspecified atom stereocenters. The predicted octanol–water partition coefficient (Wildman–Crippen LogP) is 3.74. The second kappa shape index (κ2) is 6.63. The van der Waals surface area contributed by atoms with Gasteiger partial charge in [0.15, 0.2) is 0 Å². The van der Waals surface area contributed by atoms with E-state index < -0.39 is 0 Å². The quantitative estimate of drug-likeness (QED) is 0.896. The fourth-order valence-corrected chi connectivity index (χ4v) is 2.04. The first-order valence-electron chi connectivity index (χ1n) is 6.66. The van der Waals surface area contributed by atoms with Crippen LogP contribution in [0.5, 0.6) is 5.75 Å². The number of methoxy groups -OCH3 is 1. The highest BCUT2D eigenvalue weighted by atomic mass is 16.5. The maximum atomic E-state index is 8.96. The highest BCUT2D eigenvalue weighted by Gasteiger charge is 2.03. The molecule has 2 aromatic carbocycles. The molecule has 0 bridgehead atoms. The molecule has 3 nitrogen and oxygen atoms in total. The zero-order valence-corrected chi connectivity index (χ0v) is 11.8. The van der Waals surface area contributed by atoms with E-state index >= 15 is 0 Å². The van der Waals surface area contributed by atoms with Crippen molar-refractivity contribution in [3.8, 4) is 11.8 Å². The topological polar surface area (TPSA) is 45.0 Å². The minimum absolute atomic E-state index is 0.559. The van der Waals surface area contributed by atoms with Crippen molar-refractivity contribution in [2.75, 3.05) is 12.4 Å². The molecule has 0 amide bonds. The maximum Gasteiger partial charge on any atom is 0.136 e. The van der Waals surface area contributed by atoms with Gasteiger partial charge in [0, 0.05) is 12.2 Å². The average Bonchev–Trinajstić information content (AvgIpc) is 2.52. The molecule has 0 fully saturated rings. The Hall–Kier alpha value is -2.47. The smallest absolute Gasteiger partial charge is 0.136 e. The van der Waals surface area contributed by atoms with Gasteiger partial charge in [0.25, 0.3) is 0 Å². The first-order chi connectivity index (χ1) is 9.76. The van der Waals surface area contributed by atoms with Crippen molar-refractivity contribution >= 4 is 5.69 Å². The molecule has 0 aliphatic heterocycles. The van der Waals surface area contributed by atoms with Gasteiger partial charge in [-0.25, -0.2) is 0 Å². The Kier molecular flexibility index (Phi) is 4.62. The molecule has 0 atom stereocenters. The lowest BCUT2D eigenvalue weighted by Crippen LogP contribution is -2.00. The third-order valence-corrected chi connectivity index (χ3v) is 3.22. The second-order valence-electron chi connectivity index (χ2n) is 4.55. The van der Waals surface area contributed by atoms with Crippen LogP contribution < -0.4 is 10.1 Å². The molecule has 0 aromatic heterocycles. The van der Waals surface area contributed by atoms with Gasteiger partial charge in [-0.1, -0.05) is 25.1 Å². The molecule has 0 spiro atoms. The van der Waals surface area contributed by atoms with Crippen LogP contribution >= 0.6 is 0 Å². The van der Waals surface area contributed by atoms with E-state index in [9.17, 15) is 0 Å². The molecule has 0 aliphatic carbocycles. The molecule has 0 radical (unpaired) electrons. The Bertz CT molecular complexity index is 629. The van der Waals surface area contributed by atoms with E-state index in [0.29, 0.717) is 17.9 Å². The summed E-state index contributed by atoms with van der Waals surface area (Å²) in [4.78, 5) is 0. The monoisotopic (exact) mass is 266 g/mol. The fraction of sp³-hybridized carbons (Fsp3) is 0.235. The van der Waals surface area contributed by atoms with Crippen LogP contribution in [0.25, 0.3) is 0 Å². The summed E-state index contributed by atoms with van der Waals surface area (Å²) < 4.78 is 5.22. The first-order valence-corrected chi connectivity index (χ1v) is 6.66. The first kappa shape index (κ1) is 14.0. The normalized spacial score (nSPS) is 9.85. The Balaban J connectivity index is 2.09. The molecule has 0 saturated carbocycles. The zero-order valence-electron chi connectivity index (χ0n) is 11.8. The van der Waals surface area contributed by atoms with E-state index in [1.807, 2.05) is 12.1 Å². The Labute approximate surface area is 119 Å². The number of hydrogen-bond donors (Lipinski definition) is 1. The molecule has 0 heterocycles. The minimum atomic E-state index is 0.559. The summed E-state index contributed by atoms with van der Waals surface area (Å²) in [6, 6.07) is 16.1. The minimum Gasteiger partial charge on any atom is -0.495 e. The maximum absolute atomic E-state index is 8.96. The third-order valence-electron chi connectivity index (χ3n) is 3.22. The number of ether oxygens (including phenoxy) is 1. The van der Waals surface area contributed by atoms with Gasteiger partial charge in [-0.15, -0.1) is 0 Å². The summed E-state index contributed by atoms with van der Waals surface area (Å²) in [6.07, 6.45) is 1.03. The zero-order chi connectivity index (χ0) is 14.4. The molecule has 0 saturated heterocycles. The van der Waals surface area contributed by atoms with E-state index in [0.717, 1.165) is 17.7 Å². The molecule has 1 N–H and O–H groups in total. The summed E-state index contributed by atoms with van der Waals surface area (Å²) in [5, 5.41) is 12.3. The molecule has 3 heteroatoms. The van der Waals surface area contributed by atoms with Crippen molar-refractivity contribution in [1.82, 2.24) is 0 Å². The van der Waals surface area contributed by atoms with Crippen LogP contribution in [0, 0.1) is 11.3 Å². The number of anilines is 1. The lowest BCUT2D eigenvalue weighted by atomic mass is 10.1. The molecule has 2 aromatic rings. The SMILES string of the molecule is CCc1cccc(NCc2ccc(C#N)c(OC)c2)c1. The van der Waals surface area contributed by atoms with Crippen molar-refractivity contribution in [2.45, 2.75) is 19.9 Å². The molecule has 102 valence electrons.